The topological polar surface area (TPSA) is 91.8 Å². The molecule has 3 rings (SSSR count). The molecule has 0 N–H and O–H groups in total. The molecule has 0 fully saturated rings. The van der Waals surface area contributed by atoms with Crippen LogP contribution in [0, 0.1) is 0 Å². The van der Waals surface area contributed by atoms with E-state index in [0.29, 0.717) is 5.75 Å². The highest BCUT2D eigenvalue weighted by Gasteiger charge is 2.14. The van der Waals surface area contributed by atoms with Gasteiger partial charge in [0, 0.05) is 17.7 Å². The summed E-state index contributed by atoms with van der Waals surface area (Å²) in [5, 5.41) is 2.57. The summed E-state index contributed by atoms with van der Waals surface area (Å²) >= 11 is 0. The Hall–Kier alpha value is -3.74. The van der Waals surface area contributed by atoms with Crippen molar-refractivity contribution in [2.75, 3.05) is 13.2 Å². The molecule has 0 saturated carbocycles. The maximum Gasteiger partial charge on any atom is 0.330 e. The lowest BCUT2D eigenvalue weighted by atomic mass is 10.1. The number of esters is 3. The summed E-state index contributed by atoms with van der Waals surface area (Å²) in [7, 11) is 0. The summed E-state index contributed by atoms with van der Waals surface area (Å²) in [6.07, 6.45) is 2.42. The van der Waals surface area contributed by atoms with Gasteiger partial charge >= 0.3 is 17.9 Å². The van der Waals surface area contributed by atoms with Gasteiger partial charge in [0.1, 0.15) is 19.0 Å². The van der Waals surface area contributed by atoms with Crippen LogP contribution >= 0.6 is 0 Å². The quantitative estimate of drug-likeness (QED) is 0.190. The number of ether oxygens (including phenoxy) is 3. The van der Waals surface area contributed by atoms with E-state index in [9.17, 15) is 14.4 Å². The molecule has 0 aliphatic heterocycles. The van der Waals surface area contributed by atoms with Crippen LogP contribution in [0.4, 0.5) is 0 Å². The van der Waals surface area contributed by atoms with E-state index in [2.05, 4.69) is 11.6 Å². The number of benzene rings is 2. The van der Waals surface area contributed by atoms with E-state index in [-0.39, 0.29) is 26.1 Å². The van der Waals surface area contributed by atoms with E-state index >= 15 is 0 Å². The maximum atomic E-state index is 12.2. The van der Waals surface area contributed by atoms with Crippen molar-refractivity contribution in [1.82, 2.24) is 4.98 Å². The first-order chi connectivity index (χ1) is 14.1. The van der Waals surface area contributed by atoms with E-state index in [1.54, 1.807) is 18.3 Å². The zero-order valence-electron chi connectivity index (χ0n) is 15.6. The Morgan fingerprint density at radius 3 is 2.45 bits per heavy atom. The Kier molecular flexibility index (Phi) is 6.52. The zero-order valence-corrected chi connectivity index (χ0v) is 15.6. The molecule has 7 nitrogen and oxygen atoms in total. The second-order valence-electron chi connectivity index (χ2n) is 6.06. The van der Waals surface area contributed by atoms with E-state index in [4.69, 9.17) is 14.2 Å². The van der Waals surface area contributed by atoms with Crippen LogP contribution in [0.2, 0.25) is 0 Å². The standard InChI is InChI=1S/C22H19NO6/c1-2-18(24)27-13-14-28-19(25)10-11-20(26)29-17-7-3-5-15-8-9-16-6-4-12-23-22(16)21(15)17/h2-9,12H,1,10-11,13-14H2. The van der Waals surface area contributed by atoms with E-state index in [0.717, 1.165) is 27.8 Å². The summed E-state index contributed by atoms with van der Waals surface area (Å²) in [6, 6.07) is 13.1. The third-order valence-corrected chi connectivity index (χ3v) is 4.09. The molecule has 1 heterocycles. The van der Waals surface area contributed by atoms with Crippen LogP contribution in [0.25, 0.3) is 21.7 Å². The lowest BCUT2D eigenvalue weighted by molar-refractivity contribution is -0.151. The van der Waals surface area contributed by atoms with Gasteiger partial charge in [-0.05, 0) is 17.5 Å². The van der Waals surface area contributed by atoms with Gasteiger partial charge in [-0.3, -0.25) is 14.6 Å². The Labute approximate surface area is 166 Å². The molecule has 29 heavy (non-hydrogen) atoms. The molecular weight excluding hydrogens is 374 g/mol. The Balaban J connectivity index is 1.59. The molecule has 3 aromatic rings. The molecule has 0 bridgehead atoms. The third kappa shape index (κ3) is 5.16. The first-order valence-corrected chi connectivity index (χ1v) is 9.00. The molecule has 1 aromatic heterocycles. The van der Waals surface area contributed by atoms with Gasteiger partial charge in [-0.15, -0.1) is 0 Å². The van der Waals surface area contributed by atoms with Crippen molar-refractivity contribution in [2.45, 2.75) is 12.8 Å². The van der Waals surface area contributed by atoms with Gasteiger partial charge in [0.05, 0.1) is 23.7 Å². The number of rotatable bonds is 8. The average molecular weight is 393 g/mol. The van der Waals surface area contributed by atoms with Gasteiger partial charge in [-0.1, -0.05) is 36.9 Å². The largest absolute Gasteiger partial charge is 0.462 e. The Morgan fingerprint density at radius 1 is 0.897 bits per heavy atom. The normalized spacial score (nSPS) is 10.5. The van der Waals surface area contributed by atoms with Gasteiger partial charge in [0.25, 0.3) is 0 Å². The highest BCUT2D eigenvalue weighted by Crippen LogP contribution is 2.31. The first kappa shape index (κ1) is 20.0. The number of hydrogen-bond donors (Lipinski definition) is 0. The number of nitrogens with zero attached hydrogens (tertiary/aromatic N) is 1. The van der Waals surface area contributed by atoms with Crippen LogP contribution in [-0.2, 0) is 23.9 Å². The molecule has 148 valence electrons. The molecule has 7 heteroatoms. The average Bonchev–Trinajstić information content (AvgIpc) is 2.75. The first-order valence-electron chi connectivity index (χ1n) is 9.00. The summed E-state index contributed by atoms with van der Waals surface area (Å²) in [4.78, 5) is 39.2. The fourth-order valence-electron chi connectivity index (χ4n) is 2.77. The van der Waals surface area contributed by atoms with Crippen molar-refractivity contribution in [2.24, 2.45) is 0 Å². The van der Waals surface area contributed by atoms with E-state index in [1.807, 2.05) is 30.3 Å². The van der Waals surface area contributed by atoms with Crippen LogP contribution in [-0.4, -0.2) is 36.1 Å². The van der Waals surface area contributed by atoms with E-state index in [1.165, 1.54) is 0 Å². The number of aromatic nitrogens is 1. The molecule has 0 aliphatic rings. The molecule has 0 spiro atoms. The van der Waals surface area contributed by atoms with Crippen molar-refractivity contribution in [1.29, 1.82) is 0 Å². The van der Waals surface area contributed by atoms with E-state index < -0.39 is 17.9 Å². The van der Waals surface area contributed by atoms with Gasteiger partial charge in [-0.25, -0.2) is 4.79 Å². The molecule has 0 amide bonds. The second-order valence-corrected chi connectivity index (χ2v) is 6.06. The number of carbonyl (C=O) groups excluding carboxylic acids is 3. The SMILES string of the molecule is C=CC(=O)OCCOC(=O)CCC(=O)Oc1cccc2ccc3cccnc3c12. The summed E-state index contributed by atoms with van der Waals surface area (Å²) in [5.41, 5.74) is 0.738. The van der Waals surface area contributed by atoms with Crippen LogP contribution < -0.4 is 4.74 Å². The summed E-state index contributed by atoms with van der Waals surface area (Å²) < 4.78 is 15.1. The molecular formula is C22H19NO6. The lowest BCUT2D eigenvalue weighted by Gasteiger charge is -2.10. The van der Waals surface area contributed by atoms with Gasteiger partial charge in [0.2, 0.25) is 0 Å². The minimum absolute atomic E-state index is 0.0723. The summed E-state index contributed by atoms with van der Waals surface area (Å²) in [6.45, 7) is 3.09. The second kappa shape index (κ2) is 9.45. The predicted octanol–water partition coefficient (Wildman–Crippen LogP) is 3.35. The minimum atomic E-state index is -0.596. The number of carbonyl (C=O) groups is 3. The molecule has 0 unspecified atom stereocenters. The third-order valence-electron chi connectivity index (χ3n) is 4.09. The van der Waals surface area contributed by atoms with Crippen molar-refractivity contribution in [3.8, 4) is 5.75 Å². The molecule has 0 radical (unpaired) electrons. The predicted molar refractivity (Wildman–Crippen MR) is 106 cm³/mol. The Bertz CT molecular complexity index is 1080. The number of hydrogen-bond acceptors (Lipinski definition) is 7. The lowest BCUT2D eigenvalue weighted by Crippen LogP contribution is -2.15. The molecule has 0 aliphatic carbocycles. The van der Waals surface area contributed by atoms with Crippen molar-refractivity contribution >= 4 is 39.6 Å². The maximum absolute atomic E-state index is 12.2. The Morgan fingerprint density at radius 2 is 1.62 bits per heavy atom. The zero-order chi connectivity index (χ0) is 20.6. The van der Waals surface area contributed by atoms with Gasteiger partial charge < -0.3 is 14.2 Å². The van der Waals surface area contributed by atoms with Gasteiger partial charge in [-0.2, -0.15) is 0 Å². The highest BCUT2D eigenvalue weighted by molar-refractivity contribution is 6.09. The molecule has 2 aromatic carbocycles. The monoisotopic (exact) mass is 393 g/mol. The van der Waals surface area contributed by atoms with Crippen LogP contribution in [0.15, 0.2) is 61.3 Å². The smallest absolute Gasteiger partial charge is 0.330 e. The van der Waals surface area contributed by atoms with Crippen molar-refractivity contribution < 1.29 is 28.6 Å². The molecule has 0 saturated heterocycles. The van der Waals surface area contributed by atoms with Crippen LogP contribution in [0.1, 0.15) is 12.8 Å². The van der Waals surface area contributed by atoms with Crippen LogP contribution in [0.3, 0.4) is 0 Å². The highest BCUT2D eigenvalue weighted by atomic mass is 16.6. The molecule has 0 atom stereocenters. The minimum Gasteiger partial charge on any atom is -0.462 e. The fraction of sp³-hybridized carbons (Fsp3) is 0.182. The van der Waals surface area contributed by atoms with Crippen molar-refractivity contribution in [3.05, 3.63) is 61.3 Å². The van der Waals surface area contributed by atoms with Gasteiger partial charge in [0.15, 0.2) is 0 Å². The summed E-state index contributed by atoms with van der Waals surface area (Å²) in [5.74, 6) is -1.34. The number of pyridine rings is 1. The van der Waals surface area contributed by atoms with Crippen LogP contribution in [0.5, 0.6) is 5.75 Å². The fourth-order valence-corrected chi connectivity index (χ4v) is 2.77. The van der Waals surface area contributed by atoms with Crippen molar-refractivity contribution in [3.63, 3.8) is 0 Å². The number of fused-ring (bicyclic) bond motifs is 3.